The molecule has 2 rings (SSSR count). The number of rotatable bonds is 53. The molecule has 12 unspecified atom stereocenters. The standard InChI is InChI=1S/C67H121NO13/c1-3-5-7-9-11-13-15-16-17-18-19-20-21-22-23-24-25-26-27-28-29-30-31-32-33-34-35-36-37-38-39-40-41-43-45-47-49-51-59(72)68-55(56(71)50-48-46-44-42-14-12-10-8-6-4-2)54-78-66-64(77)62(75)65(58(53-70)80-66)81-67-63(76)61(74)60(73)57(52-69)79-67/h5,7,11,13,16-17,19-20,22-23,55-58,60-67,69-71,73-77H,3-4,6,8-10,12,14-15,18,21,24-54H2,1-2H3,(H,68,72)/b7-5-,13-11-,17-16-,20-19-,23-22-. The summed E-state index contributed by atoms with van der Waals surface area (Å²) < 4.78 is 22.8. The van der Waals surface area contributed by atoms with Gasteiger partial charge >= 0.3 is 0 Å². The van der Waals surface area contributed by atoms with Gasteiger partial charge in [-0.05, 0) is 57.8 Å². The van der Waals surface area contributed by atoms with Gasteiger partial charge in [0.25, 0.3) is 0 Å². The zero-order valence-electron chi connectivity index (χ0n) is 51.0. The highest BCUT2D eigenvalue weighted by Crippen LogP contribution is 2.30. The summed E-state index contributed by atoms with van der Waals surface area (Å²) in [5.41, 5.74) is 0. The van der Waals surface area contributed by atoms with Crippen LogP contribution in [-0.2, 0) is 23.7 Å². The highest BCUT2D eigenvalue weighted by molar-refractivity contribution is 5.76. The van der Waals surface area contributed by atoms with Crippen molar-refractivity contribution in [1.29, 1.82) is 0 Å². The van der Waals surface area contributed by atoms with Crippen molar-refractivity contribution < 1.29 is 64.6 Å². The van der Waals surface area contributed by atoms with Gasteiger partial charge in [-0.25, -0.2) is 0 Å². The summed E-state index contributed by atoms with van der Waals surface area (Å²) in [5, 5.41) is 87.1. The predicted molar refractivity (Wildman–Crippen MR) is 327 cm³/mol. The van der Waals surface area contributed by atoms with Crippen molar-refractivity contribution in [3.8, 4) is 0 Å². The molecule has 81 heavy (non-hydrogen) atoms. The Balaban J connectivity index is 1.55. The van der Waals surface area contributed by atoms with E-state index in [1.807, 2.05) is 0 Å². The van der Waals surface area contributed by atoms with Gasteiger partial charge in [-0.15, -0.1) is 0 Å². The van der Waals surface area contributed by atoms with Crippen LogP contribution in [0.2, 0.25) is 0 Å². The average molecular weight is 1150 g/mol. The third-order valence-corrected chi connectivity index (χ3v) is 16.0. The summed E-state index contributed by atoms with van der Waals surface area (Å²) in [5.74, 6) is -0.206. The first-order valence-electron chi connectivity index (χ1n) is 33.0. The topological polar surface area (TPSA) is 228 Å². The van der Waals surface area contributed by atoms with Gasteiger partial charge in [0.1, 0.15) is 48.8 Å². The summed E-state index contributed by atoms with van der Waals surface area (Å²) in [6.07, 6.45) is 51.2. The number of aliphatic hydroxyl groups is 8. The van der Waals surface area contributed by atoms with Crippen molar-refractivity contribution >= 4 is 5.91 Å². The van der Waals surface area contributed by atoms with E-state index in [0.717, 1.165) is 83.5 Å². The molecule has 0 bridgehead atoms. The molecule has 0 aliphatic carbocycles. The van der Waals surface area contributed by atoms with Crippen LogP contribution in [0, 0.1) is 0 Å². The molecular formula is C67H121NO13. The van der Waals surface area contributed by atoms with Gasteiger partial charge in [0.05, 0.1) is 32.0 Å². The molecule has 2 heterocycles. The molecule has 9 N–H and O–H groups in total. The molecule has 0 aromatic heterocycles. The number of allylic oxidation sites excluding steroid dienone is 10. The van der Waals surface area contributed by atoms with Crippen LogP contribution in [0.25, 0.3) is 0 Å². The summed E-state index contributed by atoms with van der Waals surface area (Å²) in [6, 6.07) is -0.826. The highest BCUT2D eigenvalue weighted by Gasteiger charge is 2.51. The normalized spacial score (nSPS) is 24.5. The largest absolute Gasteiger partial charge is 0.394 e. The second-order valence-corrected chi connectivity index (χ2v) is 23.2. The molecule has 14 nitrogen and oxygen atoms in total. The third kappa shape index (κ3) is 37.0. The summed E-state index contributed by atoms with van der Waals surface area (Å²) in [6.45, 7) is 2.73. The molecule has 0 aromatic rings. The fraction of sp³-hybridized carbons (Fsp3) is 0.836. The Bertz CT molecular complexity index is 1590. The van der Waals surface area contributed by atoms with Crippen LogP contribution in [0.3, 0.4) is 0 Å². The van der Waals surface area contributed by atoms with Crippen molar-refractivity contribution in [3.63, 3.8) is 0 Å². The lowest BCUT2D eigenvalue weighted by atomic mass is 9.97. The van der Waals surface area contributed by atoms with Crippen LogP contribution in [0.5, 0.6) is 0 Å². The SMILES string of the molecule is CC/C=C\C/C=C\C/C=C\C/C=C\C/C=C\CCCCCCCCCCCCCCCCCCCCCCCC(=O)NC(COC1OC(CO)C(OC2OC(CO)C(O)C(O)C2O)C(O)C1O)C(O)CCCCCCCCCCCC. The monoisotopic (exact) mass is 1150 g/mol. The van der Waals surface area contributed by atoms with E-state index >= 15 is 0 Å². The Morgan fingerprint density at radius 1 is 0.457 bits per heavy atom. The van der Waals surface area contributed by atoms with Crippen LogP contribution < -0.4 is 5.32 Å². The number of nitrogens with one attached hydrogen (secondary N) is 1. The number of unbranched alkanes of at least 4 members (excludes halogenated alkanes) is 30. The Morgan fingerprint density at radius 2 is 0.852 bits per heavy atom. The van der Waals surface area contributed by atoms with Gasteiger partial charge < -0.3 is 65.1 Å². The lowest BCUT2D eigenvalue weighted by molar-refractivity contribution is -0.359. The van der Waals surface area contributed by atoms with Crippen LogP contribution in [0.15, 0.2) is 60.8 Å². The molecule has 2 fully saturated rings. The molecule has 0 saturated carbocycles. The van der Waals surface area contributed by atoms with Gasteiger partial charge in [-0.2, -0.15) is 0 Å². The van der Waals surface area contributed by atoms with E-state index in [4.69, 9.17) is 18.9 Å². The fourth-order valence-corrected chi connectivity index (χ4v) is 10.7. The van der Waals surface area contributed by atoms with Crippen LogP contribution >= 0.6 is 0 Å². The highest BCUT2D eigenvalue weighted by atomic mass is 16.7. The number of hydrogen-bond acceptors (Lipinski definition) is 13. The maximum atomic E-state index is 13.3. The van der Waals surface area contributed by atoms with Gasteiger partial charge in [-0.3, -0.25) is 4.79 Å². The number of carbonyl (C=O) groups excluding carboxylic acids is 1. The van der Waals surface area contributed by atoms with E-state index in [1.54, 1.807) is 0 Å². The van der Waals surface area contributed by atoms with Gasteiger partial charge in [-0.1, -0.05) is 261 Å². The molecule has 2 aliphatic heterocycles. The van der Waals surface area contributed by atoms with Crippen molar-refractivity contribution in [3.05, 3.63) is 60.8 Å². The number of hydrogen-bond donors (Lipinski definition) is 9. The molecule has 2 saturated heterocycles. The van der Waals surface area contributed by atoms with E-state index in [2.05, 4.69) is 79.9 Å². The fourth-order valence-electron chi connectivity index (χ4n) is 10.7. The first-order chi connectivity index (χ1) is 39.6. The first kappa shape index (κ1) is 74.8. The number of amides is 1. The summed E-state index contributed by atoms with van der Waals surface area (Å²) in [4.78, 5) is 13.3. The molecule has 14 heteroatoms. The van der Waals surface area contributed by atoms with Crippen molar-refractivity contribution in [2.75, 3.05) is 19.8 Å². The molecule has 1 amide bonds. The van der Waals surface area contributed by atoms with E-state index in [9.17, 15) is 45.6 Å². The number of ether oxygens (including phenoxy) is 4. The maximum absolute atomic E-state index is 13.3. The smallest absolute Gasteiger partial charge is 0.220 e. The van der Waals surface area contributed by atoms with E-state index in [0.29, 0.717) is 12.8 Å². The number of aliphatic hydroxyl groups excluding tert-OH is 8. The Kier molecular flexibility index (Phi) is 48.1. The Labute approximate surface area is 492 Å². The minimum atomic E-state index is -1.78. The van der Waals surface area contributed by atoms with Gasteiger partial charge in [0.2, 0.25) is 5.91 Å². The molecular weight excluding hydrogens is 1030 g/mol. The Hall–Kier alpha value is -2.31. The second-order valence-electron chi connectivity index (χ2n) is 23.2. The first-order valence-corrected chi connectivity index (χ1v) is 33.0. The van der Waals surface area contributed by atoms with Crippen molar-refractivity contribution in [1.82, 2.24) is 5.32 Å². The average Bonchev–Trinajstić information content (AvgIpc) is 3.51. The zero-order valence-corrected chi connectivity index (χ0v) is 51.0. The molecule has 0 aromatic carbocycles. The molecule has 12 atom stereocenters. The second kappa shape index (κ2) is 52.1. The number of carbonyl (C=O) groups is 1. The summed E-state index contributed by atoms with van der Waals surface area (Å²) >= 11 is 0. The van der Waals surface area contributed by atoms with Crippen LogP contribution in [0.1, 0.15) is 264 Å². The molecule has 472 valence electrons. The quantitative estimate of drug-likeness (QED) is 0.0204. The summed E-state index contributed by atoms with van der Waals surface area (Å²) in [7, 11) is 0. The Morgan fingerprint density at radius 3 is 1.31 bits per heavy atom. The molecule has 0 spiro atoms. The van der Waals surface area contributed by atoms with Crippen molar-refractivity contribution in [2.24, 2.45) is 0 Å². The van der Waals surface area contributed by atoms with Gasteiger partial charge in [0.15, 0.2) is 12.6 Å². The molecule has 2 aliphatic rings. The van der Waals surface area contributed by atoms with Crippen LogP contribution in [0.4, 0.5) is 0 Å². The van der Waals surface area contributed by atoms with Crippen LogP contribution in [-0.4, -0.2) is 140 Å². The van der Waals surface area contributed by atoms with Crippen molar-refractivity contribution in [2.45, 2.75) is 338 Å². The van der Waals surface area contributed by atoms with Gasteiger partial charge in [0, 0.05) is 6.42 Å². The minimum Gasteiger partial charge on any atom is -0.394 e. The lowest BCUT2D eigenvalue weighted by Crippen LogP contribution is -2.65. The minimum absolute atomic E-state index is 0.206. The van der Waals surface area contributed by atoms with E-state index in [-0.39, 0.29) is 12.5 Å². The lowest BCUT2D eigenvalue weighted by Gasteiger charge is -2.46. The third-order valence-electron chi connectivity index (χ3n) is 16.0. The molecule has 0 radical (unpaired) electrons. The predicted octanol–water partition coefficient (Wildman–Crippen LogP) is 12.5. The zero-order chi connectivity index (χ0) is 58.8. The maximum Gasteiger partial charge on any atom is 0.220 e. The van der Waals surface area contributed by atoms with E-state index < -0.39 is 86.8 Å². The van der Waals surface area contributed by atoms with E-state index in [1.165, 1.54) is 154 Å².